The molecule has 4 rings (SSSR count). The maximum atomic E-state index is 13.4. The lowest BCUT2D eigenvalue weighted by atomic mass is 10.2. The van der Waals surface area contributed by atoms with Gasteiger partial charge < -0.3 is 24.8 Å². The molecule has 3 N–H and O–H groups in total. The van der Waals surface area contributed by atoms with Crippen LogP contribution in [0.3, 0.4) is 0 Å². The van der Waals surface area contributed by atoms with Gasteiger partial charge >= 0.3 is 0 Å². The number of ether oxygens (including phenoxy) is 3. The van der Waals surface area contributed by atoms with Crippen molar-refractivity contribution in [3.8, 4) is 11.5 Å². The highest BCUT2D eigenvalue weighted by Crippen LogP contribution is 2.31. The molecule has 1 heterocycles. The molecule has 0 unspecified atom stereocenters. The number of aromatic nitrogens is 2. The Labute approximate surface area is 220 Å². The number of sulfonamides is 1. The molecule has 1 amide bonds. The molecule has 0 spiro atoms. The molecule has 0 aliphatic heterocycles. The number of carbonyl (C=O) groups is 1. The molecule has 1 aromatic heterocycles. The number of methoxy groups -OCH3 is 2. The van der Waals surface area contributed by atoms with Crippen molar-refractivity contribution in [3.05, 3.63) is 66.7 Å². The Morgan fingerprint density at radius 3 is 2.13 bits per heavy atom. The van der Waals surface area contributed by atoms with Crippen molar-refractivity contribution < 1.29 is 27.4 Å². The standard InChI is InChI=1S/C26H27N5O6S/c1-4-37-16-24(32)27-17-8-7-9-21(14-17)38(33,34)31-26-25(29-22-10-5-6-11-23(22)30-26)28-18-12-19(35-2)15-20(13-18)36-3/h5-15H,4,16H2,1-3H3,(H,27,32)(H,28,29)(H,30,31). The Balaban J connectivity index is 1.68. The highest BCUT2D eigenvalue weighted by Gasteiger charge is 2.20. The summed E-state index contributed by atoms with van der Waals surface area (Å²) in [4.78, 5) is 21.0. The van der Waals surface area contributed by atoms with Gasteiger partial charge in [-0.2, -0.15) is 0 Å². The van der Waals surface area contributed by atoms with Crippen LogP contribution in [0.4, 0.5) is 23.0 Å². The molecule has 0 saturated carbocycles. The van der Waals surface area contributed by atoms with E-state index in [4.69, 9.17) is 14.2 Å². The van der Waals surface area contributed by atoms with Crippen molar-refractivity contribution in [2.45, 2.75) is 11.8 Å². The van der Waals surface area contributed by atoms with Gasteiger partial charge in [0.05, 0.1) is 30.1 Å². The zero-order valence-electron chi connectivity index (χ0n) is 21.0. The summed E-state index contributed by atoms with van der Waals surface area (Å²) in [5.74, 6) is 0.826. The predicted molar refractivity (Wildman–Crippen MR) is 145 cm³/mol. The number of nitrogens with zero attached hydrogens (tertiary/aromatic N) is 2. The molecule has 0 bridgehead atoms. The number of para-hydroxylation sites is 2. The van der Waals surface area contributed by atoms with Crippen LogP contribution in [0.1, 0.15) is 6.92 Å². The molecule has 38 heavy (non-hydrogen) atoms. The van der Waals surface area contributed by atoms with E-state index >= 15 is 0 Å². The van der Waals surface area contributed by atoms with Crippen LogP contribution >= 0.6 is 0 Å². The number of hydrogen-bond donors (Lipinski definition) is 3. The quantitative estimate of drug-likeness (QED) is 0.257. The first-order valence-electron chi connectivity index (χ1n) is 11.6. The normalized spacial score (nSPS) is 11.1. The summed E-state index contributed by atoms with van der Waals surface area (Å²) in [6.07, 6.45) is 0. The molecule has 12 heteroatoms. The van der Waals surface area contributed by atoms with Gasteiger partial charge in [-0.05, 0) is 37.3 Å². The molecule has 11 nitrogen and oxygen atoms in total. The second kappa shape index (κ2) is 11.8. The van der Waals surface area contributed by atoms with E-state index in [0.29, 0.717) is 40.5 Å². The van der Waals surface area contributed by atoms with Crippen LogP contribution in [0.15, 0.2) is 71.6 Å². The largest absolute Gasteiger partial charge is 0.497 e. The topological polar surface area (TPSA) is 141 Å². The maximum Gasteiger partial charge on any atom is 0.263 e. The van der Waals surface area contributed by atoms with E-state index in [1.807, 2.05) is 6.07 Å². The van der Waals surface area contributed by atoms with Crippen LogP contribution in [-0.2, 0) is 19.6 Å². The minimum atomic E-state index is -4.12. The van der Waals surface area contributed by atoms with Crippen molar-refractivity contribution >= 4 is 50.0 Å². The fourth-order valence-corrected chi connectivity index (χ4v) is 4.55. The Morgan fingerprint density at radius 1 is 0.842 bits per heavy atom. The first kappa shape index (κ1) is 26.6. The molecule has 4 aromatic rings. The number of amides is 1. The predicted octanol–water partition coefficient (Wildman–Crippen LogP) is 4.17. The number of benzene rings is 3. The van der Waals surface area contributed by atoms with Crippen LogP contribution < -0.4 is 24.8 Å². The van der Waals surface area contributed by atoms with Crippen molar-refractivity contribution in [1.29, 1.82) is 0 Å². The monoisotopic (exact) mass is 537 g/mol. The number of rotatable bonds is 11. The summed E-state index contributed by atoms with van der Waals surface area (Å²) >= 11 is 0. The zero-order valence-corrected chi connectivity index (χ0v) is 21.8. The molecular formula is C26H27N5O6S. The molecule has 198 valence electrons. The Bertz CT molecular complexity index is 1540. The first-order chi connectivity index (χ1) is 18.3. The fourth-order valence-electron chi connectivity index (χ4n) is 3.49. The number of hydrogen-bond acceptors (Lipinski definition) is 9. The van der Waals surface area contributed by atoms with E-state index in [2.05, 4.69) is 25.3 Å². The summed E-state index contributed by atoms with van der Waals surface area (Å²) in [7, 11) is -1.06. The number of nitrogens with one attached hydrogen (secondary N) is 3. The molecule has 0 fully saturated rings. The summed E-state index contributed by atoms with van der Waals surface area (Å²) < 4.78 is 45.0. The van der Waals surface area contributed by atoms with Crippen LogP contribution in [-0.4, -0.2) is 51.7 Å². The van der Waals surface area contributed by atoms with E-state index in [1.165, 1.54) is 32.4 Å². The highest BCUT2D eigenvalue weighted by atomic mass is 32.2. The van der Waals surface area contributed by atoms with Crippen LogP contribution in [0, 0.1) is 0 Å². The van der Waals surface area contributed by atoms with Gasteiger partial charge in [0, 0.05) is 36.2 Å². The minimum Gasteiger partial charge on any atom is -0.497 e. The summed E-state index contributed by atoms with van der Waals surface area (Å²) in [5.41, 5.74) is 1.91. The van der Waals surface area contributed by atoms with E-state index in [-0.39, 0.29) is 23.1 Å². The third-order valence-electron chi connectivity index (χ3n) is 5.28. The Kier molecular flexibility index (Phi) is 8.24. The van der Waals surface area contributed by atoms with Gasteiger partial charge in [0.1, 0.15) is 18.1 Å². The van der Waals surface area contributed by atoms with Crippen molar-refractivity contribution in [2.75, 3.05) is 42.8 Å². The minimum absolute atomic E-state index is 0.0173. The first-order valence-corrected chi connectivity index (χ1v) is 13.1. The van der Waals surface area contributed by atoms with Gasteiger partial charge in [0.2, 0.25) is 5.91 Å². The molecule has 0 atom stereocenters. The van der Waals surface area contributed by atoms with Gasteiger partial charge in [-0.15, -0.1) is 0 Å². The molecule has 0 saturated heterocycles. The van der Waals surface area contributed by atoms with Gasteiger partial charge in [-0.1, -0.05) is 18.2 Å². The highest BCUT2D eigenvalue weighted by molar-refractivity contribution is 7.92. The number of anilines is 4. The van der Waals surface area contributed by atoms with Crippen LogP contribution in [0.5, 0.6) is 11.5 Å². The number of carbonyl (C=O) groups excluding carboxylic acids is 1. The smallest absolute Gasteiger partial charge is 0.263 e. The Morgan fingerprint density at radius 2 is 1.50 bits per heavy atom. The molecule has 0 aliphatic carbocycles. The van der Waals surface area contributed by atoms with Gasteiger partial charge in [-0.25, -0.2) is 18.4 Å². The number of fused-ring (bicyclic) bond motifs is 1. The molecule has 0 aliphatic rings. The van der Waals surface area contributed by atoms with E-state index in [9.17, 15) is 13.2 Å². The lowest BCUT2D eigenvalue weighted by Crippen LogP contribution is -2.19. The van der Waals surface area contributed by atoms with Crippen LogP contribution in [0.25, 0.3) is 11.0 Å². The van der Waals surface area contributed by atoms with E-state index < -0.39 is 15.9 Å². The lowest BCUT2D eigenvalue weighted by molar-refractivity contribution is -0.120. The fraction of sp³-hybridized carbons (Fsp3) is 0.192. The van der Waals surface area contributed by atoms with E-state index in [0.717, 1.165) is 0 Å². The third kappa shape index (κ3) is 6.47. The van der Waals surface area contributed by atoms with Gasteiger partial charge in [-0.3, -0.25) is 9.52 Å². The summed E-state index contributed by atoms with van der Waals surface area (Å²) in [6, 6.07) is 18.1. The SMILES string of the molecule is CCOCC(=O)Nc1cccc(S(=O)(=O)Nc2nc3ccccc3nc2Nc2cc(OC)cc(OC)c2)c1. The van der Waals surface area contributed by atoms with Gasteiger partial charge in [0.15, 0.2) is 11.6 Å². The second-order valence-electron chi connectivity index (χ2n) is 7.95. The Hall–Kier alpha value is -4.42. The maximum absolute atomic E-state index is 13.4. The zero-order chi connectivity index (χ0) is 27.1. The van der Waals surface area contributed by atoms with Crippen molar-refractivity contribution in [2.24, 2.45) is 0 Å². The average Bonchev–Trinajstić information content (AvgIpc) is 2.92. The van der Waals surface area contributed by atoms with Crippen molar-refractivity contribution in [3.63, 3.8) is 0 Å². The molecular weight excluding hydrogens is 510 g/mol. The van der Waals surface area contributed by atoms with E-state index in [1.54, 1.807) is 49.4 Å². The van der Waals surface area contributed by atoms with Crippen molar-refractivity contribution in [1.82, 2.24) is 9.97 Å². The average molecular weight is 538 g/mol. The summed E-state index contributed by atoms with van der Waals surface area (Å²) in [6.45, 7) is 2.02. The molecule has 0 radical (unpaired) electrons. The molecule has 3 aromatic carbocycles. The van der Waals surface area contributed by atoms with Gasteiger partial charge in [0.25, 0.3) is 10.0 Å². The lowest BCUT2D eigenvalue weighted by Gasteiger charge is -2.15. The summed E-state index contributed by atoms with van der Waals surface area (Å²) in [5, 5.41) is 5.74. The third-order valence-corrected chi connectivity index (χ3v) is 6.62. The second-order valence-corrected chi connectivity index (χ2v) is 9.64. The van der Waals surface area contributed by atoms with Crippen LogP contribution in [0.2, 0.25) is 0 Å².